The molecule has 0 bridgehead atoms. The molecule has 1 N–H and O–H groups in total. The zero-order valence-corrected chi connectivity index (χ0v) is 16.3. The first kappa shape index (κ1) is 18.4. The van der Waals surface area contributed by atoms with Crippen LogP contribution in [0.25, 0.3) is 0 Å². The molecule has 28 heavy (non-hydrogen) atoms. The molecule has 1 atom stereocenters. The average molecular weight is 394 g/mol. The van der Waals surface area contributed by atoms with Crippen LogP contribution in [0.2, 0.25) is 0 Å². The van der Waals surface area contributed by atoms with Crippen molar-refractivity contribution in [2.24, 2.45) is 0 Å². The maximum Gasteiger partial charge on any atom is 0.227 e. The molecule has 5 nitrogen and oxygen atoms in total. The number of anilines is 1. The molecule has 3 aromatic rings. The Morgan fingerprint density at radius 2 is 1.89 bits per heavy atom. The Labute approximate surface area is 166 Å². The quantitative estimate of drug-likeness (QED) is 0.642. The van der Waals surface area contributed by atoms with Crippen LogP contribution in [0.4, 0.5) is 10.3 Å². The second-order valence-electron chi connectivity index (χ2n) is 6.61. The average Bonchev–Trinajstić information content (AvgIpc) is 3.09. The first-order valence-electron chi connectivity index (χ1n) is 8.90. The lowest BCUT2D eigenvalue weighted by Crippen LogP contribution is -2.27. The van der Waals surface area contributed by atoms with Crippen molar-refractivity contribution in [2.75, 3.05) is 5.32 Å². The van der Waals surface area contributed by atoms with Crippen LogP contribution in [0, 0.1) is 5.82 Å². The Kier molecular flexibility index (Phi) is 5.00. The molecule has 4 rings (SSSR count). The van der Waals surface area contributed by atoms with E-state index in [9.17, 15) is 9.18 Å². The van der Waals surface area contributed by atoms with E-state index in [1.807, 2.05) is 25.1 Å². The number of benzene rings is 2. The van der Waals surface area contributed by atoms with Crippen LogP contribution in [-0.4, -0.2) is 20.5 Å². The van der Waals surface area contributed by atoms with Crippen LogP contribution in [-0.2, 0) is 10.5 Å². The summed E-state index contributed by atoms with van der Waals surface area (Å²) in [5.74, 6) is 0.948. The number of ketones is 1. The van der Waals surface area contributed by atoms with Gasteiger partial charge in [0.25, 0.3) is 0 Å². The van der Waals surface area contributed by atoms with E-state index in [4.69, 9.17) is 0 Å². The molecule has 1 unspecified atom stereocenters. The van der Waals surface area contributed by atoms with Crippen molar-refractivity contribution < 1.29 is 9.18 Å². The summed E-state index contributed by atoms with van der Waals surface area (Å²) in [6, 6.07) is 15.8. The van der Waals surface area contributed by atoms with Crippen molar-refractivity contribution in [3.8, 4) is 0 Å². The summed E-state index contributed by atoms with van der Waals surface area (Å²) in [7, 11) is 0. The number of thioether (sulfide) groups is 1. The lowest BCUT2D eigenvalue weighted by atomic mass is 9.93. The van der Waals surface area contributed by atoms with Gasteiger partial charge in [-0.25, -0.2) is 9.07 Å². The molecule has 0 fully saturated rings. The molecule has 0 radical (unpaired) electrons. The number of rotatable bonds is 5. The molecule has 142 valence electrons. The Morgan fingerprint density at radius 1 is 1.18 bits per heavy atom. The smallest absolute Gasteiger partial charge is 0.227 e. The third kappa shape index (κ3) is 3.57. The summed E-state index contributed by atoms with van der Waals surface area (Å²) >= 11 is 1.53. The van der Waals surface area contributed by atoms with Gasteiger partial charge in [0, 0.05) is 17.0 Å². The molecule has 2 aromatic carbocycles. The van der Waals surface area contributed by atoms with Crippen LogP contribution in [0.15, 0.2) is 71.0 Å². The van der Waals surface area contributed by atoms with Gasteiger partial charge in [-0.2, -0.15) is 4.98 Å². The van der Waals surface area contributed by atoms with E-state index in [0.29, 0.717) is 16.7 Å². The molecule has 0 saturated carbocycles. The molecule has 1 aromatic heterocycles. The second-order valence-corrected chi connectivity index (χ2v) is 7.55. The minimum Gasteiger partial charge on any atom is -0.328 e. The lowest BCUT2D eigenvalue weighted by molar-refractivity contribution is -0.114. The number of carbonyl (C=O) groups is 1. The van der Waals surface area contributed by atoms with Gasteiger partial charge in [-0.15, -0.1) is 5.10 Å². The van der Waals surface area contributed by atoms with Crippen LogP contribution < -0.4 is 5.32 Å². The van der Waals surface area contributed by atoms with E-state index in [0.717, 1.165) is 17.0 Å². The lowest BCUT2D eigenvalue weighted by Gasteiger charge is -2.28. The molecule has 0 spiro atoms. The Bertz CT molecular complexity index is 1040. The predicted molar refractivity (Wildman–Crippen MR) is 108 cm³/mol. The number of halogens is 1. The molecule has 0 saturated heterocycles. The molecule has 1 aliphatic heterocycles. The van der Waals surface area contributed by atoms with E-state index in [1.165, 1.54) is 36.4 Å². The third-order valence-corrected chi connectivity index (χ3v) is 5.52. The summed E-state index contributed by atoms with van der Waals surface area (Å²) in [5.41, 5.74) is 3.31. The van der Waals surface area contributed by atoms with Crippen LogP contribution in [0.3, 0.4) is 0 Å². The van der Waals surface area contributed by atoms with Crippen LogP contribution in [0.5, 0.6) is 0 Å². The zero-order chi connectivity index (χ0) is 19.7. The minimum absolute atomic E-state index is 0.0565. The monoisotopic (exact) mass is 394 g/mol. The molecule has 2 heterocycles. The molecule has 7 heteroatoms. The fourth-order valence-corrected chi connectivity index (χ4v) is 4.11. The first-order chi connectivity index (χ1) is 13.5. The fraction of sp³-hybridized carbons (Fsp3) is 0.190. The highest BCUT2D eigenvalue weighted by molar-refractivity contribution is 7.98. The molecular formula is C21H19FN4OS. The van der Waals surface area contributed by atoms with Gasteiger partial charge in [-0.3, -0.25) is 4.79 Å². The molecule has 0 amide bonds. The van der Waals surface area contributed by atoms with Crippen molar-refractivity contribution in [2.45, 2.75) is 30.8 Å². The Morgan fingerprint density at radius 3 is 2.57 bits per heavy atom. The topological polar surface area (TPSA) is 59.8 Å². The SMILES string of the molecule is CC(=O)C1=C(C)Nc2nc(SCc3ccccc3)nn2C1c1ccc(F)cc1. The number of allylic oxidation sites excluding steroid dienone is 2. The van der Waals surface area contributed by atoms with E-state index < -0.39 is 6.04 Å². The Balaban J connectivity index is 1.69. The highest BCUT2D eigenvalue weighted by Crippen LogP contribution is 2.36. The standard InChI is InChI=1S/C21H19FN4OS/c1-13-18(14(2)27)19(16-8-10-17(22)11-9-16)26-20(23-13)24-21(25-26)28-12-15-6-4-3-5-7-15/h3-11,19H,12H2,1-2H3,(H,23,24,25). The van der Waals surface area contributed by atoms with Gasteiger partial charge in [0.2, 0.25) is 11.1 Å². The number of nitrogens with one attached hydrogen (secondary N) is 1. The fourth-order valence-electron chi connectivity index (χ4n) is 3.32. The van der Waals surface area contributed by atoms with Crippen molar-refractivity contribution in [3.05, 3.63) is 82.8 Å². The van der Waals surface area contributed by atoms with E-state index >= 15 is 0 Å². The van der Waals surface area contributed by atoms with Gasteiger partial charge in [-0.05, 0) is 37.1 Å². The Hall–Kier alpha value is -2.93. The maximum atomic E-state index is 13.4. The second kappa shape index (κ2) is 7.59. The summed E-state index contributed by atoms with van der Waals surface area (Å²) in [6.07, 6.45) is 0. The number of aromatic nitrogens is 3. The van der Waals surface area contributed by atoms with Gasteiger partial charge in [-0.1, -0.05) is 54.2 Å². The van der Waals surface area contributed by atoms with E-state index in [2.05, 4.69) is 27.5 Å². The van der Waals surface area contributed by atoms with E-state index in [-0.39, 0.29) is 11.6 Å². The largest absolute Gasteiger partial charge is 0.328 e. The molecular weight excluding hydrogens is 375 g/mol. The number of fused-ring (bicyclic) bond motifs is 1. The summed E-state index contributed by atoms with van der Waals surface area (Å²) in [4.78, 5) is 16.9. The zero-order valence-electron chi connectivity index (χ0n) is 15.5. The summed E-state index contributed by atoms with van der Waals surface area (Å²) in [6.45, 7) is 3.38. The van der Waals surface area contributed by atoms with Crippen LogP contribution >= 0.6 is 11.8 Å². The minimum atomic E-state index is -0.437. The highest BCUT2D eigenvalue weighted by Gasteiger charge is 2.32. The van der Waals surface area contributed by atoms with Crippen molar-refractivity contribution in [1.82, 2.24) is 14.8 Å². The normalized spacial score (nSPS) is 15.9. The number of hydrogen-bond acceptors (Lipinski definition) is 5. The van der Waals surface area contributed by atoms with Gasteiger partial charge in [0.05, 0.1) is 0 Å². The number of Topliss-reactive ketones (excluding diaryl/α,β-unsaturated/α-hetero) is 1. The number of nitrogens with zero attached hydrogens (tertiary/aromatic N) is 3. The predicted octanol–water partition coefficient (Wildman–Crippen LogP) is 4.59. The van der Waals surface area contributed by atoms with Gasteiger partial charge in [0.15, 0.2) is 5.78 Å². The number of hydrogen-bond donors (Lipinski definition) is 1. The third-order valence-electron chi connectivity index (χ3n) is 4.61. The van der Waals surface area contributed by atoms with Crippen molar-refractivity contribution >= 4 is 23.5 Å². The van der Waals surface area contributed by atoms with E-state index in [1.54, 1.807) is 16.8 Å². The molecule has 0 aliphatic carbocycles. The summed E-state index contributed by atoms with van der Waals surface area (Å²) in [5, 5.41) is 8.44. The maximum absolute atomic E-state index is 13.4. The summed E-state index contributed by atoms with van der Waals surface area (Å²) < 4.78 is 15.1. The molecule has 1 aliphatic rings. The first-order valence-corrected chi connectivity index (χ1v) is 9.89. The highest BCUT2D eigenvalue weighted by atomic mass is 32.2. The van der Waals surface area contributed by atoms with Crippen molar-refractivity contribution in [3.63, 3.8) is 0 Å². The van der Waals surface area contributed by atoms with Gasteiger partial charge >= 0.3 is 0 Å². The van der Waals surface area contributed by atoms with Crippen LogP contribution in [0.1, 0.15) is 31.0 Å². The van der Waals surface area contributed by atoms with Gasteiger partial charge < -0.3 is 5.32 Å². The van der Waals surface area contributed by atoms with Crippen molar-refractivity contribution in [1.29, 1.82) is 0 Å². The number of carbonyl (C=O) groups excluding carboxylic acids is 1. The van der Waals surface area contributed by atoms with Gasteiger partial charge in [0.1, 0.15) is 11.9 Å².